The number of piperazine rings is 1. The highest BCUT2D eigenvalue weighted by atomic mass is 127. The monoisotopic (exact) mass is 565 g/mol. The van der Waals surface area contributed by atoms with Gasteiger partial charge in [0.1, 0.15) is 0 Å². The van der Waals surface area contributed by atoms with Gasteiger partial charge in [0.15, 0.2) is 5.96 Å². The van der Waals surface area contributed by atoms with E-state index in [1.54, 1.807) is 12.4 Å². The summed E-state index contributed by atoms with van der Waals surface area (Å²) in [6, 6.07) is 12.8. The lowest BCUT2D eigenvalue weighted by Crippen LogP contribution is -2.60. The number of hydrogen-bond donors (Lipinski definition) is 2. The molecule has 4 rings (SSSR count). The second-order valence-electron chi connectivity index (χ2n) is 8.59. The predicted molar refractivity (Wildman–Crippen MR) is 143 cm³/mol. The van der Waals surface area contributed by atoms with Crippen LogP contribution in [0, 0.1) is 0 Å². The zero-order valence-corrected chi connectivity index (χ0v) is 21.9. The van der Waals surface area contributed by atoms with E-state index in [2.05, 4.69) is 72.6 Å². The highest BCUT2D eigenvalue weighted by Gasteiger charge is 2.34. The predicted octanol–water partition coefficient (Wildman–Crippen LogP) is 2.69. The number of anilines is 1. The van der Waals surface area contributed by atoms with Gasteiger partial charge < -0.3 is 25.2 Å². The van der Waals surface area contributed by atoms with Crippen LogP contribution < -0.4 is 15.5 Å². The van der Waals surface area contributed by atoms with Crippen molar-refractivity contribution in [2.24, 2.45) is 4.99 Å². The summed E-state index contributed by atoms with van der Waals surface area (Å²) in [6.07, 6.45) is 5.55. The number of nitrogens with one attached hydrogen (secondary N) is 2. The molecule has 0 bridgehead atoms. The number of rotatable bonds is 6. The van der Waals surface area contributed by atoms with Crippen molar-refractivity contribution in [3.63, 3.8) is 0 Å². The largest absolute Gasteiger partial charge is 0.381 e. The molecule has 8 nitrogen and oxygen atoms in total. The first-order chi connectivity index (χ1) is 15.7. The lowest BCUT2D eigenvalue weighted by molar-refractivity contribution is 0.0352. The Morgan fingerprint density at radius 2 is 1.73 bits per heavy atom. The molecule has 2 N–H and O–H groups in total. The van der Waals surface area contributed by atoms with E-state index in [9.17, 15) is 0 Å². The van der Waals surface area contributed by atoms with Crippen molar-refractivity contribution in [3.8, 4) is 0 Å². The van der Waals surface area contributed by atoms with Crippen molar-refractivity contribution in [1.29, 1.82) is 0 Å². The molecule has 9 heteroatoms. The Hall–Kier alpha value is -1.98. The molecule has 2 aliphatic rings. The molecule has 0 aliphatic carbocycles. The Kier molecular flexibility index (Phi) is 9.69. The zero-order valence-electron chi connectivity index (χ0n) is 19.6. The maximum absolute atomic E-state index is 5.69. The van der Waals surface area contributed by atoms with Crippen LogP contribution in [-0.4, -0.2) is 79.4 Å². The van der Waals surface area contributed by atoms with Crippen molar-refractivity contribution in [2.45, 2.75) is 31.3 Å². The van der Waals surface area contributed by atoms with Gasteiger partial charge in [-0.25, -0.2) is 9.97 Å². The van der Waals surface area contributed by atoms with Crippen molar-refractivity contribution in [1.82, 2.24) is 25.5 Å². The van der Waals surface area contributed by atoms with Gasteiger partial charge in [0.25, 0.3) is 0 Å². The van der Waals surface area contributed by atoms with Crippen LogP contribution in [-0.2, 0) is 4.74 Å². The molecule has 0 amide bonds. The van der Waals surface area contributed by atoms with Gasteiger partial charge in [-0.2, -0.15) is 0 Å². The molecule has 0 saturated carbocycles. The van der Waals surface area contributed by atoms with Crippen LogP contribution in [0.25, 0.3) is 0 Å². The third-order valence-electron chi connectivity index (χ3n) is 6.48. The smallest absolute Gasteiger partial charge is 0.225 e. The van der Waals surface area contributed by atoms with Crippen molar-refractivity contribution in [3.05, 3.63) is 54.4 Å². The standard InChI is InChI=1S/C24H35N7O.HI/c1-20(21-7-4-3-5-8-21)29-24(9-17-32-18-10-24)19-28-22(25-2)30-13-15-31(16-14-30)23-26-11-6-12-27-23;/h3-8,11-12,20,29H,9-10,13-19H2,1-2H3,(H,25,28);1H. The molecule has 0 spiro atoms. The van der Waals surface area contributed by atoms with Crippen LogP contribution in [0.4, 0.5) is 5.95 Å². The fourth-order valence-corrected chi connectivity index (χ4v) is 4.57. The van der Waals surface area contributed by atoms with Crippen LogP contribution in [0.15, 0.2) is 53.8 Å². The van der Waals surface area contributed by atoms with Crippen LogP contribution in [0.2, 0.25) is 0 Å². The number of ether oxygens (including phenoxy) is 1. The van der Waals surface area contributed by atoms with Gasteiger partial charge >= 0.3 is 0 Å². The summed E-state index contributed by atoms with van der Waals surface area (Å²) in [6.45, 7) is 8.17. The second kappa shape index (κ2) is 12.5. The van der Waals surface area contributed by atoms with E-state index in [-0.39, 0.29) is 35.6 Å². The van der Waals surface area contributed by atoms with E-state index >= 15 is 0 Å². The van der Waals surface area contributed by atoms with E-state index < -0.39 is 0 Å². The minimum Gasteiger partial charge on any atom is -0.381 e. The first kappa shape index (κ1) is 25.6. The van der Waals surface area contributed by atoms with Gasteiger partial charge in [0, 0.05) is 77.0 Å². The first-order valence-electron chi connectivity index (χ1n) is 11.6. The molecule has 3 heterocycles. The maximum atomic E-state index is 5.69. The molecule has 2 aliphatic heterocycles. The number of nitrogens with zero attached hydrogens (tertiary/aromatic N) is 5. The summed E-state index contributed by atoms with van der Waals surface area (Å²) >= 11 is 0. The second-order valence-corrected chi connectivity index (χ2v) is 8.59. The third-order valence-corrected chi connectivity index (χ3v) is 6.48. The Labute approximate surface area is 214 Å². The molecule has 1 unspecified atom stereocenters. The molecule has 2 fully saturated rings. The van der Waals surface area contributed by atoms with E-state index in [0.717, 1.165) is 70.7 Å². The van der Waals surface area contributed by atoms with Gasteiger partial charge in [-0.15, -0.1) is 24.0 Å². The molecule has 1 atom stereocenters. The van der Waals surface area contributed by atoms with Gasteiger partial charge in [-0.1, -0.05) is 30.3 Å². The molecule has 2 aromatic rings. The van der Waals surface area contributed by atoms with Crippen LogP contribution in [0.5, 0.6) is 0 Å². The summed E-state index contributed by atoms with van der Waals surface area (Å²) in [5.41, 5.74) is 1.28. The molecular weight excluding hydrogens is 529 g/mol. The summed E-state index contributed by atoms with van der Waals surface area (Å²) in [5, 5.41) is 7.59. The third kappa shape index (κ3) is 6.77. The first-order valence-corrected chi connectivity index (χ1v) is 11.6. The highest BCUT2D eigenvalue weighted by molar-refractivity contribution is 14.0. The quantitative estimate of drug-likeness (QED) is 0.317. The summed E-state index contributed by atoms with van der Waals surface area (Å²) in [5.74, 6) is 1.76. The SMILES string of the molecule is CN=C(NCC1(NC(C)c2ccccc2)CCOCC1)N1CCN(c2ncccn2)CC1.I. The average molecular weight is 566 g/mol. The van der Waals surface area contributed by atoms with E-state index in [0.29, 0.717) is 0 Å². The average Bonchev–Trinajstić information content (AvgIpc) is 2.86. The summed E-state index contributed by atoms with van der Waals surface area (Å²) < 4.78 is 5.69. The number of benzene rings is 1. The van der Waals surface area contributed by atoms with E-state index in [4.69, 9.17) is 4.74 Å². The zero-order chi connectivity index (χ0) is 22.2. The lowest BCUT2D eigenvalue weighted by Gasteiger charge is -2.42. The number of hydrogen-bond acceptors (Lipinski definition) is 6. The minimum absolute atomic E-state index is 0. The van der Waals surface area contributed by atoms with Crippen molar-refractivity contribution < 1.29 is 4.74 Å². The van der Waals surface area contributed by atoms with Crippen LogP contribution >= 0.6 is 24.0 Å². The molecular formula is C24H36IN7O. The normalized spacial score (nSPS) is 19.5. The maximum Gasteiger partial charge on any atom is 0.225 e. The fraction of sp³-hybridized carbons (Fsp3) is 0.542. The Morgan fingerprint density at radius 1 is 1.06 bits per heavy atom. The van der Waals surface area contributed by atoms with Gasteiger partial charge in [-0.3, -0.25) is 4.99 Å². The number of guanidine groups is 1. The number of aliphatic imine (C=N–C) groups is 1. The molecule has 1 aromatic carbocycles. The van der Waals surface area contributed by atoms with E-state index in [1.807, 2.05) is 13.1 Å². The van der Waals surface area contributed by atoms with Crippen molar-refractivity contribution >= 4 is 35.9 Å². The molecule has 0 radical (unpaired) electrons. The Morgan fingerprint density at radius 3 is 2.36 bits per heavy atom. The van der Waals surface area contributed by atoms with E-state index in [1.165, 1.54) is 5.56 Å². The topological polar surface area (TPSA) is 77.9 Å². The van der Waals surface area contributed by atoms with Crippen molar-refractivity contribution in [2.75, 3.05) is 57.9 Å². The Bertz CT molecular complexity index is 854. The molecule has 180 valence electrons. The Balaban J connectivity index is 0.00000306. The number of halogens is 1. The van der Waals surface area contributed by atoms with Gasteiger partial charge in [0.05, 0.1) is 0 Å². The summed E-state index contributed by atoms with van der Waals surface area (Å²) in [4.78, 5) is 17.9. The minimum atomic E-state index is -0.0247. The highest BCUT2D eigenvalue weighted by Crippen LogP contribution is 2.25. The van der Waals surface area contributed by atoms with Gasteiger partial charge in [-0.05, 0) is 31.4 Å². The fourth-order valence-electron chi connectivity index (χ4n) is 4.57. The van der Waals surface area contributed by atoms with Crippen LogP contribution in [0.1, 0.15) is 31.4 Å². The molecule has 2 saturated heterocycles. The van der Waals surface area contributed by atoms with Crippen LogP contribution in [0.3, 0.4) is 0 Å². The van der Waals surface area contributed by atoms with Gasteiger partial charge in [0.2, 0.25) is 5.95 Å². The lowest BCUT2D eigenvalue weighted by atomic mass is 9.88. The molecule has 1 aromatic heterocycles. The molecule has 33 heavy (non-hydrogen) atoms. The summed E-state index contributed by atoms with van der Waals surface area (Å²) in [7, 11) is 1.87. The number of aromatic nitrogens is 2.